The van der Waals surface area contributed by atoms with E-state index < -0.39 is 5.54 Å². The van der Waals surface area contributed by atoms with E-state index in [0.717, 1.165) is 22.3 Å². The Morgan fingerprint density at radius 1 is 0.733 bits per heavy atom. The summed E-state index contributed by atoms with van der Waals surface area (Å²) in [6, 6.07) is 32.3. The maximum Gasteiger partial charge on any atom is 0.266 e. The van der Waals surface area contributed by atoms with E-state index in [2.05, 4.69) is 41.4 Å². The summed E-state index contributed by atoms with van der Waals surface area (Å²) in [7, 11) is 1.67. The van der Waals surface area contributed by atoms with Crippen LogP contribution in [0.25, 0.3) is 21.9 Å². The topological polar surface area (TPSA) is 58.7 Å². The molecule has 0 saturated carbocycles. The number of nitrogens with zero attached hydrogens (tertiary/aromatic N) is 2. The highest BCUT2D eigenvalue weighted by Crippen LogP contribution is 2.40. The molecule has 5 rings (SSSR count). The zero-order valence-corrected chi connectivity index (χ0v) is 16.6. The first-order chi connectivity index (χ1) is 14.6. The number of aliphatic imine (C=N–C) groups is 1. The summed E-state index contributed by atoms with van der Waals surface area (Å²) in [6.45, 7) is 0. The van der Waals surface area contributed by atoms with Crippen molar-refractivity contribution >= 4 is 22.6 Å². The van der Waals surface area contributed by atoms with Gasteiger partial charge in [0.2, 0.25) is 0 Å². The predicted molar refractivity (Wildman–Crippen MR) is 121 cm³/mol. The van der Waals surface area contributed by atoms with E-state index in [1.165, 1.54) is 15.7 Å². The highest BCUT2D eigenvalue weighted by Gasteiger charge is 2.49. The number of benzene rings is 4. The fraction of sp³-hybridized carbons (Fsp3) is 0.0769. The Kier molecular flexibility index (Phi) is 4.14. The third kappa shape index (κ3) is 2.69. The Balaban J connectivity index is 1.70. The molecule has 1 aliphatic heterocycles. The van der Waals surface area contributed by atoms with Crippen molar-refractivity contribution in [2.24, 2.45) is 10.7 Å². The van der Waals surface area contributed by atoms with E-state index in [1.54, 1.807) is 7.05 Å². The van der Waals surface area contributed by atoms with E-state index in [1.807, 2.05) is 60.7 Å². The van der Waals surface area contributed by atoms with Crippen LogP contribution in [0.1, 0.15) is 11.1 Å². The van der Waals surface area contributed by atoms with Gasteiger partial charge in [-0.3, -0.25) is 9.69 Å². The van der Waals surface area contributed by atoms with Crippen LogP contribution in [0.4, 0.5) is 0 Å². The van der Waals surface area contributed by atoms with Crippen LogP contribution in [0.2, 0.25) is 0 Å². The van der Waals surface area contributed by atoms with Crippen LogP contribution in [-0.2, 0) is 10.3 Å². The number of rotatable bonds is 3. The van der Waals surface area contributed by atoms with Crippen molar-refractivity contribution in [1.82, 2.24) is 4.90 Å². The number of amides is 1. The number of guanidine groups is 1. The van der Waals surface area contributed by atoms with Crippen molar-refractivity contribution in [1.29, 1.82) is 0 Å². The fourth-order valence-corrected chi connectivity index (χ4v) is 4.16. The van der Waals surface area contributed by atoms with Gasteiger partial charge < -0.3 is 5.73 Å². The lowest BCUT2D eigenvalue weighted by Gasteiger charge is -2.26. The smallest absolute Gasteiger partial charge is 0.266 e. The molecule has 2 N–H and O–H groups in total. The average molecular weight is 391 g/mol. The number of carbonyl (C=O) groups excluding carboxylic acids is 1. The molecular formula is C26H21N3O. The first-order valence-electron chi connectivity index (χ1n) is 9.88. The van der Waals surface area contributed by atoms with Crippen molar-refractivity contribution in [2.75, 3.05) is 7.05 Å². The molecule has 0 saturated heterocycles. The first kappa shape index (κ1) is 18.1. The molecule has 0 spiro atoms. The highest BCUT2D eigenvalue weighted by molar-refractivity contribution is 6.09. The van der Waals surface area contributed by atoms with Crippen LogP contribution in [-0.4, -0.2) is 23.8 Å². The number of nitrogens with two attached hydrogens (primary N) is 1. The second-order valence-electron chi connectivity index (χ2n) is 7.55. The summed E-state index contributed by atoms with van der Waals surface area (Å²) >= 11 is 0. The normalized spacial score (nSPS) is 18.6. The van der Waals surface area contributed by atoms with Gasteiger partial charge in [0.15, 0.2) is 11.5 Å². The Bertz CT molecular complexity index is 1300. The minimum atomic E-state index is -1.17. The quantitative estimate of drug-likeness (QED) is 0.557. The van der Waals surface area contributed by atoms with Gasteiger partial charge >= 0.3 is 0 Å². The predicted octanol–water partition coefficient (Wildman–Crippen LogP) is 4.54. The van der Waals surface area contributed by atoms with Gasteiger partial charge in [0.05, 0.1) is 0 Å². The molecule has 0 aliphatic carbocycles. The zero-order valence-electron chi connectivity index (χ0n) is 16.6. The van der Waals surface area contributed by atoms with Crippen LogP contribution in [0.3, 0.4) is 0 Å². The zero-order chi connectivity index (χ0) is 20.7. The van der Waals surface area contributed by atoms with Crippen molar-refractivity contribution in [3.63, 3.8) is 0 Å². The molecule has 1 unspecified atom stereocenters. The van der Waals surface area contributed by atoms with Gasteiger partial charge in [0, 0.05) is 7.05 Å². The van der Waals surface area contributed by atoms with E-state index in [4.69, 9.17) is 5.73 Å². The van der Waals surface area contributed by atoms with Crippen molar-refractivity contribution in [3.8, 4) is 11.1 Å². The van der Waals surface area contributed by atoms with Crippen LogP contribution in [0.15, 0.2) is 102 Å². The molecule has 1 atom stereocenters. The number of fused-ring (bicyclic) bond motifs is 1. The van der Waals surface area contributed by atoms with E-state index in [9.17, 15) is 4.79 Å². The molecule has 0 bridgehead atoms. The fourth-order valence-electron chi connectivity index (χ4n) is 4.16. The van der Waals surface area contributed by atoms with E-state index in [-0.39, 0.29) is 11.9 Å². The van der Waals surface area contributed by atoms with Gasteiger partial charge in [-0.1, -0.05) is 84.9 Å². The Hall–Kier alpha value is -3.92. The second kappa shape index (κ2) is 6.85. The Labute approximate surface area is 175 Å². The standard InChI is InChI=1S/C26H21N3O/c1-29-24(30)26(28-25(29)27,22-11-3-2-4-12-22)23-13-7-10-20(17-23)21-15-14-18-8-5-6-9-19(18)16-21/h2-17H,1H3,(H2,27,28). The lowest BCUT2D eigenvalue weighted by atomic mass is 9.81. The largest absolute Gasteiger partial charge is 0.369 e. The van der Waals surface area contributed by atoms with Crippen LogP contribution in [0, 0.1) is 0 Å². The third-order valence-electron chi connectivity index (χ3n) is 5.79. The van der Waals surface area contributed by atoms with Crippen molar-refractivity contribution in [3.05, 3.63) is 108 Å². The summed E-state index contributed by atoms with van der Waals surface area (Å²) in [6.07, 6.45) is 0. The molecular weight excluding hydrogens is 370 g/mol. The number of carbonyl (C=O) groups is 1. The Morgan fingerprint density at radius 2 is 1.40 bits per heavy atom. The molecule has 4 aromatic rings. The minimum Gasteiger partial charge on any atom is -0.369 e. The molecule has 30 heavy (non-hydrogen) atoms. The number of hydrogen-bond donors (Lipinski definition) is 1. The Morgan fingerprint density at radius 3 is 2.13 bits per heavy atom. The average Bonchev–Trinajstić information content (AvgIpc) is 3.04. The second-order valence-corrected chi connectivity index (χ2v) is 7.55. The lowest BCUT2D eigenvalue weighted by Crippen LogP contribution is -2.41. The molecule has 4 nitrogen and oxygen atoms in total. The van der Waals surface area contributed by atoms with E-state index >= 15 is 0 Å². The van der Waals surface area contributed by atoms with Gasteiger partial charge in [-0.05, 0) is 45.2 Å². The summed E-state index contributed by atoms with van der Waals surface area (Å²) in [4.78, 5) is 19.5. The highest BCUT2D eigenvalue weighted by atomic mass is 16.2. The van der Waals surface area contributed by atoms with Gasteiger partial charge in [-0.15, -0.1) is 0 Å². The first-order valence-corrected chi connectivity index (χ1v) is 9.88. The molecule has 0 radical (unpaired) electrons. The van der Waals surface area contributed by atoms with Crippen LogP contribution < -0.4 is 5.73 Å². The maximum atomic E-state index is 13.4. The van der Waals surface area contributed by atoms with Crippen LogP contribution in [0.5, 0.6) is 0 Å². The minimum absolute atomic E-state index is 0.151. The summed E-state index contributed by atoms with van der Waals surface area (Å²) in [5, 5.41) is 2.38. The molecule has 4 aromatic carbocycles. The number of hydrogen-bond acceptors (Lipinski definition) is 3. The SMILES string of the molecule is CN1C(=O)C(c2ccccc2)(c2cccc(-c3ccc4ccccc4c3)c2)N=C1N. The molecule has 1 amide bonds. The number of likely N-dealkylation sites (N-methyl/N-ethyl adjacent to an activating group) is 1. The molecule has 4 heteroatoms. The molecule has 1 aliphatic rings. The summed E-state index contributed by atoms with van der Waals surface area (Å²) in [5.74, 6) is 0.0711. The van der Waals surface area contributed by atoms with E-state index in [0.29, 0.717) is 0 Å². The third-order valence-corrected chi connectivity index (χ3v) is 5.79. The van der Waals surface area contributed by atoms with Crippen LogP contribution >= 0.6 is 0 Å². The monoisotopic (exact) mass is 391 g/mol. The van der Waals surface area contributed by atoms with Gasteiger partial charge in [0.1, 0.15) is 0 Å². The molecule has 1 heterocycles. The lowest BCUT2D eigenvalue weighted by molar-refractivity contribution is -0.129. The van der Waals surface area contributed by atoms with Crippen molar-refractivity contribution < 1.29 is 4.79 Å². The molecule has 0 fully saturated rings. The summed E-state index contributed by atoms with van der Waals surface area (Å²) < 4.78 is 0. The van der Waals surface area contributed by atoms with Crippen molar-refractivity contribution in [2.45, 2.75) is 5.54 Å². The van der Waals surface area contributed by atoms with Gasteiger partial charge in [0.25, 0.3) is 5.91 Å². The summed E-state index contributed by atoms with van der Waals surface area (Å²) in [5.41, 5.74) is 8.64. The molecule has 146 valence electrons. The van der Waals surface area contributed by atoms with Gasteiger partial charge in [-0.2, -0.15) is 0 Å². The maximum absolute atomic E-state index is 13.4. The molecule has 0 aromatic heterocycles. The van der Waals surface area contributed by atoms with Gasteiger partial charge in [-0.25, -0.2) is 4.99 Å².